The number of anilines is 1. The summed E-state index contributed by atoms with van der Waals surface area (Å²) in [6.45, 7) is 8.35. The van der Waals surface area contributed by atoms with Crippen molar-refractivity contribution in [2.45, 2.75) is 127 Å². The summed E-state index contributed by atoms with van der Waals surface area (Å²) in [6.07, 6.45) is 9.78. The first-order valence-corrected chi connectivity index (χ1v) is 47.3. The molecule has 3 amide bonds. The van der Waals surface area contributed by atoms with E-state index in [1.807, 2.05) is 219 Å². The van der Waals surface area contributed by atoms with Gasteiger partial charge in [-0.05, 0) is 222 Å². The lowest BCUT2D eigenvalue weighted by Gasteiger charge is -2.25. The topological polar surface area (TPSA) is 304 Å². The van der Waals surface area contributed by atoms with Gasteiger partial charge in [0, 0.05) is 83.0 Å². The van der Waals surface area contributed by atoms with Gasteiger partial charge in [0.2, 0.25) is 5.91 Å². The Morgan fingerprint density at radius 3 is 1.38 bits per heavy atom. The summed E-state index contributed by atoms with van der Waals surface area (Å²) in [5.74, 6) is -2.82. The van der Waals surface area contributed by atoms with E-state index in [0.29, 0.717) is 120 Å². The van der Waals surface area contributed by atoms with Crippen LogP contribution in [0.1, 0.15) is 162 Å². The summed E-state index contributed by atoms with van der Waals surface area (Å²) in [4.78, 5) is 51.8. The maximum absolute atomic E-state index is 14.6. The molecule has 13 aromatic carbocycles. The first-order chi connectivity index (χ1) is 71.3. The molecule has 0 aliphatic carbocycles. The van der Waals surface area contributed by atoms with Crippen LogP contribution < -0.4 is 9.64 Å². The number of fused-ring (bicyclic) bond motifs is 1. The first-order valence-electron chi connectivity index (χ1n) is 46.5. The lowest BCUT2D eigenvalue weighted by Crippen LogP contribution is -2.33. The monoisotopic (exact) mass is 2070 g/mol. The van der Waals surface area contributed by atoms with Crippen LogP contribution in [-0.2, 0) is 89.1 Å². The van der Waals surface area contributed by atoms with Gasteiger partial charge >= 0.3 is 0 Å². The number of hydrogen-bond acceptors (Lipinski definition) is 18. The molecule has 32 heteroatoms. The Hall–Kier alpha value is -18.4. The van der Waals surface area contributed by atoms with Crippen LogP contribution >= 0.6 is 15.9 Å². The summed E-state index contributed by atoms with van der Waals surface area (Å²) >= 11 is 3.48. The van der Waals surface area contributed by atoms with Gasteiger partial charge in [-0.25, -0.2) is 31.3 Å². The van der Waals surface area contributed by atoms with Crippen LogP contribution in [0, 0.1) is 82.4 Å². The molecule has 0 bridgehead atoms. The third kappa shape index (κ3) is 30.8. The molecule has 756 valence electrons. The molecule has 0 unspecified atom stereocenters. The van der Waals surface area contributed by atoms with Crippen LogP contribution in [0.4, 0.5) is 32.0 Å². The van der Waals surface area contributed by atoms with Crippen molar-refractivity contribution >= 4 is 56.3 Å². The summed E-state index contributed by atoms with van der Waals surface area (Å²) in [5.41, 5.74) is 13.5. The van der Waals surface area contributed by atoms with Gasteiger partial charge in [-0.15, -0.1) is 40.8 Å². The molecule has 0 atom stereocenters. The predicted octanol–water partition coefficient (Wildman–Crippen LogP) is 24.3. The number of halogens is 7. The Balaban J connectivity index is 0.000000176. The minimum absolute atomic E-state index is 0. The molecular weight excluding hydrogens is 1970 g/mol. The second-order valence-corrected chi connectivity index (χ2v) is 35.3. The Bertz CT molecular complexity index is 7760. The van der Waals surface area contributed by atoms with E-state index >= 15 is 0 Å². The largest absolute Gasteiger partial charge is 0.457 e. The van der Waals surface area contributed by atoms with Crippen molar-refractivity contribution in [3.63, 3.8) is 0 Å². The second-order valence-electron chi connectivity index (χ2n) is 34.4. The van der Waals surface area contributed by atoms with Crippen LogP contribution in [0.15, 0.2) is 357 Å². The minimum Gasteiger partial charge on any atom is -0.457 e. The number of ether oxygens (including phenoxy) is 1. The number of nitrogens with zero attached hydrogens (tertiary/aromatic N) is 21. The van der Waals surface area contributed by atoms with E-state index in [-0.39, 0.29) is 83.5 Å². The van der Waals surface area contributed by atoms with Gasteiger partial charge in [0.1, 0.15) is 65.8 Å². The Labute approximate surface area is 875 Å². The molecule has 0 aliphatic rings. The highest BCUT2D eigenvalue weighted by Crippen LogP contribution is 2.32. The average Bonchev–Trinajstić information content (AvgIpc) is 1.55. The summed E-state index contributed by atoms with van der Waals surface area (Å²) in [6, 6.07) is 102. The van der Waals surface area contributed by atoms with Gasteiger partial charge in [0.25, 0.3) is 17.7 Å². The van der Waals surface area contributed by atoms with Crippen LogP contribution in [-0.4, -0.2) is 103 Å². The SMILES string of the molecule is C.C.C.CC(F)(F)c1cccc(/C=C/C(=O)N(Cc2ccc(F)cc2F)Cc2nncn2Cc2ccc(C#N)cc2)c1.Cc1ccc(C(=O)N(CCc2ccc(Br)cc2)Cc2nncn2Cc2ccc(C#N)cc2)cc1C.N#Cc1ccc(Cn2cnnc2CN(Cc2c(F)cccc2F)c2ccc(Oc3ccccc3)cc2)cc1.N#Cc1ccc(Cn2cnnc2CN(Cc2ccccc2)C(=O)c2ccc3ccccc3n2)cc1. The molecule has 5 heterocycles. The van der Waals surface area contributed by atoms with Gasteiger partial charge in [-0.3, -0.25) is 14.4 Å². The summed E-state index contributed by atoms with van der Waals surface area (Å²) in [7, 11) is 0. The fourth-order valence-corrected chi connectivity index (χ4v) is 15.9. The fourth-order valence-electron chi connectivity index (χ4n) is 15.6. The molecule has 0 N–H and O–H groups in total. The number of para-hydroxylation sites is 2. The number of amides is 3. The van der Waals surface area contributed by atoms with Gasteiger partial charge in [0.05, 0.1) is 104 Å². The number of rotatable bonds is 33. The predicted molar refractivity (Wildman–Crippen MR) is 566 cm³/mol. The van der Waals surface area contributed by atoms with Gasteiger partial charge in [-0.2, -0.15) is 21.0 Å². The molecule has 0 aliphatic heterocycles. The molecular formula is C118H106BrF6N21O4. The summed E-state index contributed by atoms with van der Waals surface area (Å²) in [5, 5.41) is 70.3. The number of benzene rings is 13. The molecule has 0 saturated heterocycles. The average molecular weight is 2080 g/mol. The van der Waals surface area contributed by atoms with E-state index in [4.69, 9.17) is 25.8 Å². The number of aryl methyl sites for hydroxylation is 2. The molecule has 0 fully saturated rings. The van der Waals surface area contributed by atoms with Crippen molar-refractivity contribution in [3.05, 3.63) is 504 Å². The summed E-state index contributed by atoms with van der Waals surface area (Å²) < 4.78 is 98.9. The van der Waals surface area contributed by atoms with Crippen LogP contribution in [0.5, 0.6) is 11.5 Å². The van der Waals surface area contributed by atoms with Gasteiger partial charge in [0.15, 0.2) is 23.3 Å². The Morgan fingerprint density at radius 1 is 0.413 bits per heavy atom. The number of carbonyl (C=O) groups excluding carboxylic acids is 3. The third-order valence-corrected chi connectivity index (χ3v) is 24.4. The molecule has 18 aromatic rings. The van der Waals surface area contributed by atoms with Crippen LogP contribution in [0.25, 0.3) is 17.0 Å². The maximum atomic E-state index is 14.6. The van der Waals surface area contributed by atoms with Crippen molar-refractivity contribution < 1.29 is 45.5 Å². The van der Waals surface area contributed by atoms with Crippen LogP contribution in [0.3, 0.4) is 0 Å². The maximum Gasteiger partial charge on any atom is 0.273 e. The van der Waals surface area contributed by atoms with Crippen molar-refractivity contribution in [3.8, 4) is 35.8 Å². The highest BCUT2D eigenvalue weighted by molar-refractivity contribution is 9.10. The number of alkyl halides is 2. The number of aromatic nitrogens is 13. The fraction of sp³-hybridized carbons (Fsp3) is 0.169. The zero-order chi connectivity index (χ0) is 103. The van der Waals surface area contributed by atoms with Gasteiger partial charge in [-0.1, -0.05) is 208 Å². The molecule has 5 aromatic heterocycles. The zero-order valence-corrected chi connectivity index (χ0v) is 81.5. The smallest absolute Gasteiger partial charge is 0.273 e. The lowest BCUT2D eigenvalue weighted by atomic mass is 10.1. The highest BCUT2D eigenvalue weighted by atomic mass is 79.9. The quantitative estimate of drug-likeness (QED) is 0.0272. The van der Waals surface area contributed by atoms with E-state index in [2.05, 4.69) is 98.1 Å². The Kier molecular flexibility index (Phi) is 39.3. The molecule has 0 saturated carbocycles. The molecule has 18 rings (SSSR count). The van der Waals surface area contributed by atoms with Crippen molar-refractivity contribution in [1.82, 2.24) is 78.7 Å². The molecule has 150 heavy (non-hydrogen) atoms. The second kappa shape index (κ2) is 53.4. The number of pyridine rings is 1. The van der Waals surface area contributed by atoms with Crippen molar-refractivity contribution in [2.24, 2.45) is 0 Å². The van der Waals surface area contributed by atoms with Gasteiger partial charge < -0.3 is 42.6 Å². The lowest BCUT2D eigenvalue weighted by molar-refractivity contribution is -0.127. The molecule has 0 spiro atoms. The number of nitriles is 4. The molecule has 0 radical (unpaired) electrons. The van der Waals surface area contributed by atoms with E-state index in [0.717, 1.165) is 91.0 Å². The standard InChI is InChI=1S/C30H23F2N5O.C29H23F4N5O.C28H26BrN5O.C28H22N6O.3CH4/c31-28-7-4-8-29(32)27(28)19-36(24-13-15-26(16-14-24)38-25-5-2-1-3-6-25)20-30-35-34-21-37(30)18-23-11-9-22(17-33)10-12-23;1-29(32,33)24-4-2-3-20(13-24)9-12-28(39)37(17-23-10-11-25(30)14-26(23)31)18-27-36-35-19-38(27)16-22-7-5-21(15-34)6-8-22;1-20-3-10-25(15-21(20)2)28(35)33(14-13-22-8-11-26(29)12-9-22)18-27-32-31-19-34(27)17-24-6-4-23(16-30)5-7-24;29-16-21-10-12-23(13-11-21)18-34-20-30-32-27(34)19-33(17-22-6-2-1-3-7-22)28(35)26-15-14-24-8-4-5-9-25(24)31-26;;;/h1-16,21H,18-20H2;2-14,19H,16-18H2,1H3;3-12,15,19H,13-14,17-18H2,1-2H3;1-15,20H,17-19H2;3*1H4/b;12-9+;;;;;. The Morgan fingerprint density at radius 2 is 0.880 bits per heavy atom. The van der Waals surface area contributed by atoms with E-state index < -0.39 is 35.1 Å². The number of carbonyl (C=O) groups is 3. The normalized spacial score (nSPS) is 10.7. The van der Waals surface area contributed by atoms with Crippen LogP contribution in [0.2, 0.25) is 0 Å². The van der Waals surface area contributed by atoms with E-state index in [9.17, 15) is 40.7 Å². The zero-order valence-electron chi connectivity index (χ0n) is 79.9. The highest BCUT2D eigenvalue weighted by Gasteiger charge is 2.28. The van der Waals surface area contributed by atoms with Crippen molar-refractivity contribution in [1.29, 1.82) is 21.0 Å². The van der Waals surface area contributed by atoms with E-state index in [1.165, 1.54) is 65.8 Å². The minimum atomic E-state index is -3.04. The third-order valence-electron chi connectivity index (χ3n) is 23.9. The van der Waals surface area contributed by atoms with E-state index in [1.54, 1.807) is 101 Å². The number of hydrogen-bond donors (Lipinski definition) is 0. The van der Waals surface area contributed by atoms with Crippen molar-refractivity contribution in [2.75, 3.05) is 11.4 Å². The first kappa shape index (κ1) is 110. The molecule has 25 nitrogen and oxygen atoms in total.